The topological polar surface area (TPSA) is 70.4 Å². The number of rotatable bonds is 4. The Kier molecular flexibility index (Phi) is 4.59. The Labute approximate surface area is 124 Å². The fourth-order valence-corrected chi connectivity index (χ4v) is 2.39. The molecule has 1 aromatic carbocycles. The van der Waals surface area contributed by atoms with E-state index in [1.54, 1.807) is 0 Å². The molecule has 0 aromatic heterocycles. The molecule has 5 heteroatoms. The molecule has 2 rings (SSSR count). The van der Waals surface area contributed by atoms with Crippen molar-refractivity contribution < 1.29 is 14.3 Å². The smallest absolute Gasteiger partial charge is 0.417 e. The molecule has 0 bridgehead atoms. The number of amides is 2. The number of nitriles is 1. The molecule has 0 radical (unpaired) electrons. The summed E-state index contributed by atoms with van der Waals surface area (Å²) in [5.74, 6) is -1.25. The first kappa shape index (κ1) is 15.0. The maximum absolute atomic E-state index is 12.5. The molecule has 0 aliphatic carbocycles. The molecule has 0 saturated carbocycles. The van der Waals surface area contributed by atoms with Crippen molar-refractivity contribution in [3.05, 3.63) is 35.9 Å². The fourth-order valence-electron chi connectivity index (χ4n) is 2.39. The average molecular weight is 286 g/mol. The van der Waals surface area contributed by atoms with E-state index in [1.807, 2.05) is 50.2 Å². The number of imide groups is 1. The maximum Gasteiger partial charge on any atom is 0.417 e. The second kappa shape index (κ2) is 6.40. The van der Waals surface area contributed by atoms with Gasteiger partial charge < -0.3 is 4.74 Å². The van der Waals surface area contributed by atoms with Gasteiger partial charge in [0.1, 0.15) is 12.5 Å². The van der Waals surface area contributed by atoms with E-state index in [2.05, 4.69) is 0 Å². The van der Waals surface area contributed by atoms with Gasteiger partial charge in [-0.05, 0) is 17.9 Å². The normalized spacial score (nSPS) is 19.2. The maximum atomic E-state index is 12.5. The minimum Gasteiger partial charge on any atom is -0.447 e. The van der Waals surface area contributed by atoms with Crippen molar-refractivity contribution in [2.45, 2.75) is 26.3 Å². The van der Waals surface area contributed by atoms with Gasteiger partial charge in [0.05, 0.1) is 12.1 Å². The van der Waals surface area contributed by atoms with Gasteiger partial charge in [0.2, 0.25) is 5.91 Å². The van der Waals surface area contributed by atoms with E-state index >= 15 is 0 Å². The molecule has 110 valence electrons. The van der Waals surface area contributed by atoms with Crippen molar-refractivity contribution in [3.8, 4) is 6.07 Å². The highest BCUT2D eigenvalue weighted by Crippen LogP contribution is 2.23. The van der Waals surface area contributed by atoms with E-state index in [9.17, 15) is 14.9 Å². The van der Waals surface area contributed by atoms with Crippen LogP contribution in [-0.2, 0) is 16.0 Å². The van der Waals surface area contributed by atoms with Gasteiger partial charge in [0.25, 0.3) is 0 Å². The zero-order chi connectivity index (χ0) is 15.4. The summed E-state index contributed by atoms with van der Waals surface area (Å²) in [4.78, 5) is 25.4. The van der Waals surface area contributed by atoms with E-state index in [4.69, 9.17) is 4.74 Å². The molecule has 2 amide bonds. The molecule has 1 fully saturated rings. The third-order valence-electron chi connectivity index (χ3n) is 3.65. The number of cyclic esters (lactones) is 1. The van der Waals surface area contributed by atoms with Crippen LogP contribution >= 0.6 is 0 Å². The van der Waals surface area contributed by atoms with Gasteiger partial charge in [0.15, 0.2) is 0 Å². The van der Waals surface area contributed by atoms with Crippen molar-refractivity contribution in [1.29, 1.82) is 5.26 Å². The molecular formula is C16H18N2O3. The third-order valence-corrected chi connectivity index (χ3v) is 3.65. The van der Waals surface area contributed by atoms with E-state index in [1.165, 1.54) is 0 Å². The lowest BCUT2D eigenvalue weighted by molar-refractivity contribution is -0.132. The summed E-state index contributed by atoms with van der Waals surface area (Å²) in [6, 6.07) is 11.0. The van der Waals surface area contributed by atoms with Gasteiger partial charge in [-0.15, -0.1) is 0 Å². The van der Waals surface area contributed by atoms with Gasteiger partial charge in [-0.25, -0.2) is 9.69 Å². The predicted octanol–water partition coefficient (Wildman–Crippen LogP) is 2.37. The van der Waals surface area contributed by atoms with Crippen LogP contribution in [0.15, 0.2) is 30.3 Å². The largest absolute Gasteiger partial charge is 0.447 e. The van der Waals surface area contributed by atoms with Crippen LogP contribution in [-0.4, -0.2) is 29.5 Å². The molecule has 1 saturated heterocycles. The summed E-state index contributed by atoms with van der Waals surface area (Å²) in [7, 11) is 0. The zero-order valence-electron chi connectivity index (χ0n) is 12.2. The summed E-state index contributed by atoms with van der Waals surface area (Å²) < 4.78 is 4.96. The minimum atomic E-state index is -0.876. The Morgan fingerprint density at radius 3 is 2.67 bits per heavy atom. The molecule has 5 nitrogen and oxygen atoms in total. The number of hydrogen-bond acceptors (Lipinski definition) is 4. The van der Waals surface area contributed by atoms with Crippen LogP contribution < -0.4 is 0 Å². The Morgan fingerprint density at radius 2 is 2.10 bits per heavy atom. The van der Waals surface area contributed by atoms with Crippen molar-refractivity contribution in [3.63, 3.8) is 0 Å². The molecule has 1 heterocycles. The van der Waals surface area contributed by atoms with E-state index in [-0.39, 0.29) is 18.6 Å². The van der Waals surface area contributed by atoms with E-state index in [0.717, 1.165) is 10.5 Å². The Balaban J connectivity index is 2.16. The number of carbonyl (C=O) groups excluding carboxylic acids is 2. The van der Waals surface area contributed by atoms with Gasteiger partial charge >= 0.3 is 6.09 Å². The molecular weight excluding hydrogens is 268 g/mol. The highest BCUT2D eigenvalue weighted by atomic mass is 16.6. The summed E-state index contributed by atoms with van der Waals surface area (Å²) in [5.41, 5.74) is 0.895. The SMILES string of the molecule is CC(C)[C@H]1COC(=O)N1C(=O)[C@H](C#N)Cc1ccccc1. The number of carbonyl (C=O) groups is 2. The third kappa shape index (κ3) is 3.22. The number of ether oxygens (including phenoxy) is 1. The Bertz CT molecular complexity index is 563. The minimum absolute atomic E-state index is 0.0940. The molecule has 21 heavy (non-hydrogen) atoms. The lowest BCUT2D eigenvalue weighted by Crippen LogP contribution is -2.45. The van der Waals surface area contributed by atoms with Crippen LogP contribution in [0.5, 0.6) is 0 Å². The van der Waals surface area contributed by atoms with E-state index in [0.29, 0.717) is 6.42 Å². The quantitative estimate of drug-likeness (QED) is 0.852. The molecule has 0 N–H and O–H groups in total. The lowest BCUT2D eigenvalue weighted by Gasteiger charge is -2.24. The molecule has 0 unspecified atom stereocenters. The highest BCUT2D eigenvalue weighted by Gasteiger charge is 2.42. The van der Waals surface area contributed by atoms with Crippen LogP contribution in [0, 0.1) is 23.2 Å². The van der Waals surface area contributed by atoms with Crippen LogP contribution in [0.1, 0.15) is 19.4 Å². The Morgan fingerprint density at radius 1 is 1.43 bits per heavy atom. The zero-order valence-corrected chi connectivity index (χ0v) is 12.2. The van der Waals surface area contributed by atoms with Gasteiger partial charge in [-0.1, -0.05) is 44.2 Å². The first-order valence-corrected chi connectivity index (χ1v) is 6.98. The predicted molar refractivity (Wildman–Crippen MR) is 76.1 cm³/mol. The second-order valence-corrected chi connectivity index (χ2v) is 5.47. The van der Waals surface area contributed by atoms with Gasteiger partial charge in [0, 0.05) is 0 Å². The van der Waals surface area contributed by atoms with Crippen molar-refractivity contribution in [1.82, 2.24) is 4.90 Å². The molecule has 1 aliphatic heterocycles. The number of hydrogen-bond donors (Lipinski definition) is 0. The first-order valence-electron chi connectivity index (χ1n) is 6.98. The Hall–Kier alpha value is -2.35. The average Bonchev–Trinajstić information content (AvgIpc) is 2.87. The summed E-state index contributed by atoms with van der Waals surface area (Å²) in [5, 5.41) is 9.28. The highest BCUT2D eigenvalue weighted by molar-refractivity contribution is 5.96. The van der Waals surface area contributed by atoms with Crippen molar-refractivity contribution >= 4 is 12.0 Å². The van der Waals surface area contributed by atoms with Crippen LogP contribution in [0.25, 0.3) is 0 Å². The van der Waals surface area contributed by atoms with Gasteiger partial charge in [-0.2, -0.15) is 5.26 Å². The molecule has 1 aromatic rings. The van der Waals surface area contributed by atoms with E-state index < -0.39 is 17.9 Å². The van der Waals surface area contributed by atoms with Gasteiger partial charge in [-0.3, -0.25) is 4.79 Å². The summed E-state index contributed by atoms with van der Waals surface area (Å²) in [6.45, 7) is 4.04. The molecule has 2 atom stereocenters. The van der Waals surface area contributed by atoms with Crippen molar-refractivity contribution in [2.75, 3.05) is 6.61 Å². The summed E-state index contributed by atoms with van der Waals surface area (Å²) >= 11 is 0. The monoisotopic (exact) mass is 286 g/mol. The standard InChI is InChI=1S/C16H18N2O3/c1-11(2)14-10-21-16(20)18(14)15(19)13(9-17)8-12-6-4-3-5-7-12/h3-7,11,13-14H,8,10H2,1-2H3/t13-,14+/m0/s1. The lowest BCUT2D eigenvalue weighted by atomic mass is 9.97. The van der Waals surface area contributed by atoms with Crippen LogP contribution in [0.2, 0.25) is 0 Å². The fraction of sp³-hybridized carbons (Fsp3) is 0.438. The molecule has 1 aliphatic rings. The number of nitrogens with zero attached hydrogens (tertiary/aromatic N) is 2. The van der Waals surface area contributed by atoms with Crippen LogP contribution in [0.3, 0.4) is 0 Å². The number of benzene rings is 1. The summed E-state index contributed by atoms with van der Waals surface area (Å²) in [6.07, 6.45) is -0.350. The second-order valence-electron chi connectivity index (χ2n) is 5.47. The van der Waals surface area contributed by atoms with Crippen LogP contribution in [0.4, 0.5) is 4.79 Å². The molecule has 0 spiro atoms. The van der Waals surface area contributed by atoms with Crippen molar-refractivity contribution in [2.24, 2.45) is 11.8 Å². The first-order chi connectivity index (χ1) is 10.0.